The summed E-state index contributed by atoms with van der Waals surface area (Å²) in [6.07, 6.45) is 2.94. The summed E-state index contributed by atoms with van der Waals surface area (Å²) in [6.45, 7) is 8.01. The van der Waals surface area contributed by atoms with Crippen LogP contribution in [0.15, 0.2) is 36.5 Å². The number of nitrogens with two attached hydrogens (primary N) is 1. The molecular formula is C22H24N4. The molecule has 0 spiro atoms. The van der Waals surface area contributed by atoms with Gasteiger partial charge in [-0.3, -0.25) is 4.90 Å². The monoisotopic (exact) mass is 344 g/mol. The zero-order valence-corrected chi connectivity index (χ0v) is 15.6. The third kappa shape index (κ3) is 2.44. The molecule has 2 heterocycles. The Bertz CT molecular complexity index is 1040. The van der Waals surface area contributed by atoms with E-state index in [0.717, 1.165) is 25.0 Å². The minimum atomic E-state index is -0.592. The summed E-state index contributed by atoms with van der Waals surface area (Å²) in [6, 6.07) is 12.6. The molecule has 0 bridgehead atoms. The van der Waals surface area contributed by atoms with Crippen LogP contribution in [0.25, 0.3) is 10.9 Å². The van der Waals surface area contributed by atoms with Gasteiger partial charge in [-0.15, -0.1) is 0 Å². The maximum atomic E-state index is 9.17. The Kier molecular flexibility index (Phi) is 3.87. The number of H-pyrrole nitrogens is 1. The fourth-order valence-electron chi connectivity index (χ4n) is 4.31. The molecule has 4 rings (SSSR count). The van der Waals surface area contributed by atoms with E-state index in [1.165, 1.54) is 33.2 Å². The molecule has 0 saturated carbocycles. The third-order valence-electron chi connectivity index (χ3n) is 5.72. The van der Waals surface area contributed by atoms with Gasteiger partial charge in [0.2, 0.25) is 0 Å². The molecule has 0 radical (unpaired) electrons. The number of rotatable bonds is 3. The van der Waals surface area contributed by atoms with Gasteiger partial charge in [-0.25, -0.2) is 0 Å². The van der Waals surface area contributed by atoms with Gasteiger partial charge in [0.05, 0.1) is 17.3 Å². The average Bonchev–Trinajstić information content (AvgIpc) is 3.27. The van der Waals surface area contributed by atoms with Crippen LogP contribution in [-0.4, -0.2) is 9.88 Å². The van der Waals surface area contributed by atoms with Crippen molar-refractivity contribution in [2.24, 2.45) is 5.73 Å². The molecule has 4 nitrogen and oxygen atoms in total. The average molecular weight is 344 g/mol. The van der Waals surface area contributed by atoms with Crippen molar-refractivity contribution in [3.8, 4) is 6.07 Å². The number of fused-ring (bicyclic) bond motifs is 2. The molecule has 0 amide bonds. The minimum Gasteiger partial charge on any atom is -0.361 e. The van der Waals surface area contributed by atoms with E-state index in [-0.39, 0.29) is 0 Å². The van der Waals surface area contributed by atoms with Crippen molar-refractivity contribution < 1.29 is 0 Å². The summed E-state index contributed by atoms with van der Waals surface area (Å²) < 4.78 is 0. The van der Waals surface area contributed by atoms with E-state index >= 15 is 0 Å². The molecule has 2 aromatic carbocycles. The first-order valence-electron chi connectivity index (χ1n) is 9.11. The fourth-order valence-corrected chi connectivity index (χ4v) is 4.31. The van der Waals surface area contributed by atoms with Crippen molar-refractivity contribution in [2.45, 2.75) is 45.9 Å². The number of hydrogen-bond donors (Lipinski definition) is 2. The molecule has 1 aliphatic heterocycles. The Morgan fingerprint density at radius 3 is 2.73 bits per heavy atom. The normalized spacial score (nSPS) is 16.4. The highest BCUT2D eigenvalue weighted by Crippen LogP contribution is 2.38. The van der Waals surface area contributed by atoms with Gasteiger partial charge in [0.15, 0.2) is 0 Å². The van der Waals surface area contributed by atoms with Crippen molar-refractivity contribution in [1.82, 2.24) is 9.88 Å². The van der Waals surface area contributed by atoms with E-state index in [1.54, 1.807) is 0 Å². The highest BCUT2D eigenvalue weighted by Gasteiger charge is 2.36. The van der Waals surface area contributed by atoms with Crippen LogP contribution in [0.2, 0.25) is 0 Å². The van der Waals surface area contributed by atoms with Gasteiger partial charge in [0.1, 0.15) is 0 Å². The number of aromatic nitrogens is 1. The Balaban J connectivity index is 1.81. The Hall–Kier alpha value is -2.61. The van der Waals surface area contributed by atoms with Crippen LogP contribution in [-0.2, 0) is 25.2 Å². The molecule has 1 unspecified atom stereocenters. The molecule has 0 aliphatic carbocycles. The fraction of sp³-hybridized carbons (Fsp3) is 0.318. The topological polar surface area (TPSA) is 68.8 Å². The zero-order valence-electron chi connectivity index (χ0n) is 15.6. The first-order chi connectivity index (χ1) is 12.5. The third-order valence-corrected chi connectivity index (χ3v) is 5.72. The van der Waals surface area contributed by atoms with Crippen molar-refractivity contribution in [3.05, 3.63) is 69.9 Å². The molecule has 1 aromatic heterocycles. The summed E-state index contributed by atoms with van der Waals surface area (Å²) >= 11 is 0. The second kappa shape index (κ2) is 5.98. The molecule has 1 atom stereocenters. The highest BCUT2D eigenvalue weighted by molar-refractivity contribution is 5.88. The number of aromatic amines is 1. The van der Waals surface area contributed by atoms with Gasteiger partial charge in [-0.05, 0) is 66.3 Å². The van der Waals surface area contributed by atoms with E-state index < -0.39 is 5.66 Å². The maximum Gasteiger partial charge on any atom is 0.0991 e. The molecular weight excluding hydrogens is 320 g/mol. The molecule has 0 saturated heterocycles. The van der Waals surface area contributed by atoms with Gasteiger partial charge in [-0.2, -0.15) is 5.26 Å². The lowest BCUT2D eigenvalue weighted by molar-refractivity contribution is 0.106. The second-order valence-electron chi connectivity index (χ2n) is 7.45. The number of nitrogens with zero attached hydrogens (tertiary/aromatic N) is 2. The van der Waals surface area contributed by atoms with Gasteiger partial charge >= 0.3 is 0 Å². The molecule has 4 heteroatoms. The number of nitrogens with one attached hydrogen (secondary N) is 1. The summed E-state index contributed by atoms with van der Waals surface area (Å²) in [7, 11) is 0. The quantitative estimate of drug-likeness (QED) is 0.753. The molecule has 0 fully saturated rings. The summed E-state index contributed by atoms with van der Waals surface area (Å²) in [5.74, 6) is 0. The SMILES string of the molecule is CCc1cc(C)c2[nH]ccc2c1C(C)(N)N1Cc2ccc(C#N)cc2C1. The van der Waals surface area contributed by atoms with E-state index in [2.05, 4.69) is 54.9 Å². The van der Waals surface area contributed by atoms with Gasteiger partial charge in [-0.1, -0.05) is 19.1 Å². The largest absolute Gasteiger partial charge is 0.361 e. The number of benzene rings is 2. The number of hydrogen-bond acceptors (Lipinski definition) is 3. The number of nitriles is 1. The van der Waals surface area contributed by atoms with E-state index in [4.69, 9.17) is 11.0 Å². The summed E-state index contributed by atoms with van der Waals surface area (Å²) in [5, 5.41) is 10.4. The lowest BCUT2D eigenvalue weighted by Gasteiger charge is -2.37. The Morgan fingerprint density at radius 2 is 2.00 bits per heavy atom. The standard InChI is InChI=1S/C22H24N4/c1-4-16-9-14(2)21-19(7-8-25-21)20(16)22(3,24)26-12-17-6-5-15(11-23)10-18(17)13-26/h5-10,25H,4,12-13,24H2,1-3H3. The predicted molar refractivity (Wildman–Crippen MR) is 104 cm³/mol. The Labute approximate surface area is 154 Å². The second-order valence-corrected chi connectivity index (χ2v) is 7.45. The predicted octanol–water partition coefficient (Wildman–Crippen LogP) is 4.06. The molecule has 1 aliphatic rings. The molecule has 132 valence electrons. The van der Waals surface area contributed by atoms with Crippen molar-refractivity contribution >= 4 is 10.9 Å². The smallest absolute Gasteiger partial charge is 0.0991 e. The van der Waals surface area contributed by atoms with E-state index in [9.17, 15) is 0 Å². The van der Waals surface area contributed by atoms with Crippen molar-refractivity contribution in [2.75, 3.05) is 0 Å². The first-order valence-corrected chi connectivity index (χ1v) is 9.11. The molecule has 26 heavy (non-hydrogen) atoms. The molecule has 3 aromatic rings. The lowest BCUT2D eigenvalue weighted by Crippen LogP contribution is -2.49. The summed E-state index contributed by atoms with van der Waals surface area (Å²) in [5.41, 5.74) is 14.5. The minimum absolute atomic E-state index is 0.592. The number of aryl methyl sites for hydroxylation is 2. The van der Waals surface area contributed by atoms with Crippen LogP contribution in [0.5, 0.6) is 0 Å². The van der Waals surface area contributed by atoms with Crippen LogP contribution >= 0.6 is 0 Å². The highest BCUT2D eigenvalue weighted by atomic mass is 15.3. The maximum absolute atomic E-state index is 9.17. The van der Waals surface area contributed by atoms with Crippen LogP contribution < -0.4 is 5.73 Å². The van der Waals surface area contributed by atoms with Gasteiger partial charge in [0.25, 0.3) is 0 Å². The molecule has 3 N–H and O–H groups in total. The van der Waals surface area contributed by atoms with E-state index in [1.807, 2.05) is 18.3 Å². The van der Waals surface area contributed by atoms with Crippen LogP contribution in [0.4, 0.5) is 0 Å². The Morgan fingerprint density at radius 1 is 1.23 bits per heavy atom. The van der Waals surface area contributed by atoms with E-state index in [0.29, 0.717) is 5.56 Å². The van der Waals surface area contributed by atoms with Crippen molar-refractivity contribution in [1.29, 1.82) is 5.26 Å². The van der Waals surface area contributed by atoms with Gasteiger partial charge in [0, 0.05) is 30.2 Å². The lowest BCUT2D eigenvalue weighted by atomic mass is 9.88. The van der Waals surface area contributed by atoms with Crippen LogP contribution in [0.3, 0.4) is 0 Å². The zero-order chi connectivity index (χ0) is 18.5. The first kappa shape index (κ1) is 16.8. The van der Waals surface area contributed by atoms with Crippen molar-refractivity contribution in [3.63, 3.8) is 0 Å². The summed E-state index contributed by atoms with van der Waals surface area (Å²) in [4.78, 5) is 5.68. The van der Waals surface area contributed by atoms with Crippen LogP contribution in [0.1, 0.15) is 47.2 Å². The van der Waals surface area contributed by atoms with Gasteiger partial charge < -0.3 is 10.7 Å². The van der Waals surface area contributed by atoms with Crippen LogP contribution in [0, 0.1) is 18.3 Å².